The lowest BCUT2D eigenvalue weighted by atomic mass is 10.2. The molecule has 0 aliphatic heterocycles. The van der Waals surface area contributed by atoms with E-state index in [9.17, 15) is 9.90 Å². The van der Waals surface area contributed by atoms with Crippen molar-refractivity contribution >= 4 is 0 Å². The smallest absolute Gasteiger partial charge is 0.223 e. The average molecular weight is 302 g/mol. The van der Waals surface area contributed by atoms with E-state index in [4.69, 9.17) is 5.11 Å². The van der Waals surface area contributed by atoms with Crippen LogP contribution in [0, 0.1) is 0 Å². The van der Waals surface area contributed by atoms with Gasteiger partial charge in [-0.2, -0.15) is 0 Å². The number of nitrogens with zero attached hydrogens (tertiary/aromatic N) is 2. The first kappa shape index (κ1) is 16.3. The molecule has 1 aromatic heterocycles. The minimum absolute atomic E-state index is 0.0415. The Labute approximate surface area is 130 Å². The Balaban J connectivity index is 2.19. The van der Waals surface area contributed by atoms with E-state index < -0.39 is 0 Å². The summed E-state index contributed by atoms with van der Waals surface area (Å²) < 4.78 is 1.73. The van der Waals surface area contributed by atoms with Crippen LogP contribution in [0.4, 0.5) is 0 Å². The summed E-state index contributed by atoms with van der Waals surface area (Å²) in [6.45, 7) is 4.58. The summed E-state index contributed by atoms with van der Waals surface area (Å²) in [7, 11) is 0. The van der Waals surface area contributed by atoms with E-state index in [1.165, 1.54) is 17.8 Å². The van der Waals surface area contributed by atoms with E-state index in [0.717, 1.165) is 18.8 Å². The number of hydrogen-bond acceptors (Lipinski definition) is 4. The highest BCUT2D eigenvalue weighted by Crippen LogP contribution is 2.11. The molecule has 0 amide bonds. The van der Waals surface area contributed by atoms with Gasteiger partial charge < -0.3 is 14.8 Å². The van der Waals surface area contributed by atoms with Gasteiger partial charge in [0.15, 0.2) is 5.75 Å². The van der Waals surface area contributed by atoms with Gasteiger partial charge in [0, 0.05) is 31.4 Å². The molecule has 5 nitrogen and oxygen atoms in total. The Morgan fingerprint density at radius 2 is 1.91 bits per heavy atom. The summed E-state index contributed by atoms with van der Waals surface area (Å²) in [5.41, 5.74) is 1.61. The number of rotatable bonds is 7. The van der Waals surface area contributed by atoms with Gasteiger partial charge in [0.05, 0.1) is 12.8 Å². The molecular weight excluding hydrogens is 280 g/mol. The second kappa shape index (κ2) is 7.77. The predicted octanol–water partition coefficient (Wildman–Crippen LogP) is 1.57. The van der Waals surface area contributed by atoms with Gasteiger partial charge in [0.2, 0.25) is 5.43 Å². The zero-order chi connectivity index (χ0) is 15.9. The van der Waals surface area contributed by atoms with Crippen molar-refractivity contribution in [3.05, 3.63) is 64.1 Å². The van der Waals surface area contributed by atoms with Crippen LogP contribution in [0.25, 0.3) is 0 Å². The van der Waals surface area contributed by atoms with Crippen molar-refractivity contribution in [1.29, 1.82) is 0 Å². The van der Waals surface area contributed by atoms with E-state index in [1.807, 2.05) is 18.2 Å². The number of benzene rings is 1. The Bertz CT molecular complexity index is 653. The first-order valence-electron chi connectivity index (χ1n) is 7.43. The third-order valence-corrected chi connectivity index (χ3v) is 3.62. The molecule has 1 heterocycles. The van der Waals surface area contributed by atoms with E-state index in [1.54, 1.807) is 4.57 Å². The largest absolute Gasteiger partial charge is 0.503 e. The topological polar surface area (TPSA) is 65.7 Å². The molecule has 1 aromatic carbocycles. The van der Waals surface area contributed by atoms with Crippen LogP contribution >= 0.6 is 0 Å². The minimum atomic E-state index is -0.389. The van der Waals surface area contributed by atoms with Crippen LogP contribution in [0.1, 0.15) is 18.2 Å². The second-order valence-corrected chi connectivity index (χ2v) is 5.22. The Morgan fingerprint density at radius 1 is 1.18 bits per heavy atom. The molecule has 0 radical (unpaired) electrons. The molecule has 0 spiro atoms. The van der Waals surface area contributed by atoms with Crippen LogP contribution in [0.15, 0.2) is 47.4 Å². The van der Waals surface area contributed by atoms with Gasteiger partial charge in [-0.15, -0.1) is 0 Å². The molecule has 0 saturated carbocycles. The van der Waals surface area contributed by atoms with Gasteiger partial charge in [-0.3, -0.25) is 9.69 Å². The third kappa shape index (κ3) is 4.19. The molecule has 2 N–H and O–H groups in total. The fourth-order valence-electron chi connectivity index (χ4n) is 2.40. The molecule has 0 aliphatic rings. The fraction of sp³-hybridized carbons (Fsp3) is 0.353. The summed E-state index contributed by atoms with van der Waals surface area (Å²) in [5.74, 6) is -0.289. The van der Waals surface area contributed by atoms with Gasteiger partial charge >= 0.3 is 0 Å². The lowest BCUT2D eigenvalue weighted by Gasteiger charge is -2.23. The molecule has 118 valence electrons. The zero-order valence-corrected chi connectivity index (χ0v) is 12.8. The van der Waals surface area contributed by atoms with Crippen molar-refractivity contribution in [2.75, 3.05) is 13.2 Å². The van der Waals surface area contributed by atoms with E-state index in [0.29, 0.717) is 13.1 Å². The number of aromatic nitrogens is 1. The first-order valence-corrected chi connectivity index (χ1v) is 7.43. The van der Waals surface area contributed by atoms with Crippen molar-refractivity contribution in [2.24, 2.45) is 0 Å². The van der Waals surface area contributed by atoms with Gasteiger partial charge in [0.25, 0.3) is 0 Å². The summed E-state index contributed by atoms with van der Waals surface area (Å²) in [6.07, 6.45) is 1.39. The normalized spacial score (nSPS) is 11.0. The highest BCUT2D eigenvalue weighted by molar-refractivity contribution is 5.21. The maximum atomic E-state index is 11.7. The van der Waals surface area contributed by atoms with E-state index in [2.05, 4.69) is 24.0 Å². The number of aliphatic hydroxyl groups excluding tert-OH is 1. The summed E-state index contributed by atoms with van der Waals surface area (Å²) in [5, 5.41) is 18.7. The molecule has 0 aliphatic carbocycles. The summed E-state index contributed by atoms with van der Waals surface area (Å²) >= 11 is 0. The molecule has 2 rings (SSSR count). The van der Waals surface area contributed by atoms with Gasteiger partial charge in [-0.05, 0) is 12.1 Å². The Kier molecular flexibility index (Phi) is 5.75. The van der Waals surface area contributed by atoms with Crippen molar-refractivity contribution in [3.63, 3.8) is 0 Å². The number of pyridine rings is 1. The molecular formula is C17H22N2O3. The highest BCUT2D eigenvalue weighted by atomic mass is 16.3. The van der Waals surface area contributed by atoms with Crippen LogP contribution in [-0.4, -0.2) is 32.8 Å². The lowest BCUT2D eigenvalue weighted by Crippen LogP contribution is -2.26. The molecule has 5 heteroatoms. The minimum Gasteiger partial charge on any atom is -0.503 e. The maximum Gasteiger partial charge on any atom is 0.223 e. The number of aliphatic hydroxyl groups is 1. The standard InChI is InChI=1S/C17H22N2O3/c1-2-18(11-14-6-4-3-5-7-14)12-15-10-16(21)17(22)13-19(15)8-9-20/h3-7,10,13,20,22H,2,8-9,11-12H2,1H3. The zero-order valence-electron chi connectivity index (χ0n) is 12.8. The maximum absolute atomic E-state index is 11.7. The molecule has 0 saturated heterocycles. The van der Waals surface area contributed by atoms with Crippen LogP contribution in [0.5, 0.6) is 5.75 Å². The van der Waals surface area contributed by atoms with Crippen LogP contribution < -0.4 is 5.43 Å². The van der Waals surface area contributed by atoms with E-state index >= 15 is 0 Å². The molecule has 0 unspecified atom stereocenters. The Morgan fingerprint density at radius 3 is 2.55 bits per heavy atom. The average Bonchev–Trinajstić information content (AvgIpc) is 2.52. The third-order valence-electron chi connectivity index (χ3n) is 3.62. The SMILES string of the molecule is CCN(Cc1ccccc1)Cc1cc(=O)c(O)cn1CCO. The molecule has 0 atom stereocenters. The summed E-state index contributed by atoms with van der Waals surface area (Å²) in [4.78, 5) is 13.9. The highest BCUT2D eigenvalue weighted by Gasteiger charge is 2.10. The molecule has 0 fully saturated rings. The van der Waals surface area contributed by atoms with Crippen LogP contribution in [0.2, 0.25) is 0 Å². The van der Waals surface area contributed by atoms with Gasteiger partial charge in [-0.1, -0.05) is 37.3 Å². The van der Waals surface area contributed by atoms with Crippen LogP contribution in [-0.2, 0) is 19.6 Å². The van der Waals surface area contributed by atoms with Gasteiger partial charge in [-0.25, -0.2) is 0 Å². The molecule has 22 heavy (non-hydrogen) atoms. The fourth-order valence-corrected chi connectivity index (χ4v) is 2.40. The molecule has 0 bridgehead atoms. The number of hydrogen-bond donors (Lipinski definition) is 2. The van der Waals surface area contributed by atoms with E-state index in [-0.39, 0.29) is 17.8 Å². The van der Waals surface area contributed by atoms with Crippen LogP contribution in [0.3, 0.4) is 0 Å². The van der Waals surface area contributed by atoms with Crippen molar-refractivity contribution in [2.45, 2.75) is 26.6 Å². The quantitative estimate of drug-likeness (QED) is 0.815. The van der Waals surface area contributed by atoms with Crippen molar-refractivity contribution in [3.8, 4) is 5.75 Å². The van der Waals surface area contributed by atoms with Gasteiger partial charge in [0.1, 0.15) is 0 Å². The predicted molar refractivity (Wildman–Crippen MR) is 85.7 cm³/mol. The lowest BCUT2D eigenvalue weighted by molar-refractivity contribution is 0.248. The number of aromatic hydroxyl groups is 1. The first-order chi connectivity index (χ1) is 10.6. The van der Waals surface area contributed by atoms with Crippen molar-refractivity contribution in [1.82, 2.24) is 9.47 Å². The molecule has 2 aromatic rings. The van der Waals surface area contributed by atoms with Crippen molar-refractivity contribution < 1.29 is 10.2 Å². The monoisotopic (exact) mass is 302 g/mol. The second-order valence-electron chi connectivity index (χ2n) is 5.22. The Hall–Kier alpha value is -2.11. The summed E-state index contributed by atoms with van der Waals surface area (Å²) in [6, 6.07) is 11.6.